The Bertz CT molecular complexity index is 498. The summed E-state index contributed by atoms with van der Waals surface area (Å²) in [5.41, 5.74) is 4.74. The smallest absolute Gasteiger partial charge is 0.0710 e. The molecule has 0 spiro atoms. The maximum Gasteiger partial charge on any atom is 0.0710 e. The molecule has 0 atom stereocenters. The summed E-state index contributed by atoms with van der Waals surface area (Å²) in [6.07, 6.45) is 6.01. The van der Waals surface area contributed by atoms with Crippen LogP contribution in [-0.4, -0.2) is 4.98 Å². The van der Waals surface area contributed by atoms with Crippen LogP contribution in [0.3, 0.4) is 0 Å². The monoisotopic (exact) mass is 209 g/mol. The third-order valence-electron chi connectivity index (χ3n) is 2.57. The van der Waals surface area contributed by atoms with Gasteiger partial charge in [-0.15, -0.1) is 0 Å². The quantitative estimate of drug-likeness (QED) is 0.726. The molecular weight excluding hydrogens is 194 g/mol. The lowest BCUT2D eigenvalue weighted by molar-refractivity contribution is 1.30. The van der Waals surface area contributed by atoms with Crippen molar-refractivity contribution in [3.05, 3.63) is 59.8 Å². The third-order valence-corrected chi connectivity index (χ3v) is 2.57. The number of rotatable bonds is 2. The molecule has 2 rings (SSSR count). The summed E-state index contributed by atoms with van der Waals surface area (Å²) in [5, 5.41) is 0. The lowest BCUT2D eigenvalue weighted by Crippen LogP contribution is -1.89. The third kappa shape index (κ3) is 2.03. The number of allylic oxidation sites excluding steroid dienone is 1. The highest BCUT2D eigenvalue weighted by molar-refractivity contribution is 5.75. The first kappa shape index (κ1) is 10.6. The summed E-state index contributed by atoms with van der Waals surface area (Å²) in [4.78, 5) is 4.42. The molecular formula is C15H15N. The van der Waals surface area contributed by atoms with Crippen molar-refractivity contribution in [1.82, 2.24) is 4.98 Å². The fraction of sp³-hybridized carbons (Fsp3) is 0.133. The Morgan fingerprint density at radius 1 is 1.06 bits per heavy atom. The normalized spacial score (nSPS) is 10.9. The molecule has 0 saturated carbocycles. The summed E-state index contributed by atoms with van der Waals surface area (Å²) in [6, 6.07) is 12.3. The highest BCUT2D eigenvalue weighted by Crippen LogP contribution is 2.26. The van der Waals surface area contributed by atoms with E-state index in [1.165, 1.54) is 16.7 Å². The Morgan fingerprint density at radius 3 is 2.62 bits per heavy atom. The minimum atomic E-state index is 1.04. The lowest BCUT2D eigenvalue weighted by atomic mass is 9.98. The largest absolute Gasteiger partial charge is 0.256 e. The van der Waals surface area contributed by atoms with Gasteiger partial charge in [-0.25, -0.2) is 0 Å². The molecule has 1 heteroatoms. The molecule has 0 aliphatic heterocycles. The van der Waals surface area contributed by atoms with Gasteiger partial charge >= 0.3 is 0 Å². The minimum absolute atomic E-state index is 1.04. The predicted molar refractivity (Wildman–Crippen MR) is 69.1 cm³/mol. The van der Waals surface area contributed by atoms with Gasteiger partial charge < -0.3 is 0 Å². The number of hydrogen-bond acceptors (Lipinski definition) is 1. The van der Waals surface area contributed by atoms with Crippen LogP contribution in [0.5, 0.6) is 0 Å². The molecule has 0 amide bonds. The molecule has 0 N–H and O–H groups in total. The molecule has 2 aromatic rings. The van der Waals surface area contributed by atoms with Gasteiger partial charge in [-0.2, -0.15) is 0 Å². The second-order valence-corrected chi connectivity index (χ2v) is 3.75. The van der Waals surface area contributed by atoms with E-state index in [4.69, 9.17) is 0 Å². The molecule has 1 heterocycles. The molecule has 0 saturated heterocycles. The molecule has 16 heavy (non-hydrogen) atoms. The summed E-state index contributed by atoms with van der Waals surface area (Å²) < 4.78 is 0. The van der Waals surface area contributed by atoms with Crippen LogP contribution in [0.25, 0.3) is 17.3 Å². The van der Waals surface area contributed by atoms with Gasteiger partial charge in [0.25, 0.3) is 0 Å². The van der Waals surface area contributed by atoms with Gasteiger partial charge in [-0.1, -0.05) is 36.4 Å². The van der Waals surface area contributed by atoms with Crippen LogP contribution in [0.2, 0.25) is 0 Å². The van der Waals surface area contributed by atoms with Crippen LogP contribution < -0.4 is 0 Å². The first-order valence-corrected chi connectivity index (χ1v) is 5.46. The molecule has 0 aliphatic rings. The topological polar surface area (TPSA) is 12.9 Å². The van der Waals surface area contributed by atoms with Gasteiger partial charge in [0.1, 0.15) is 0 Å². The number of benzene rings is 1. The SMILES string of the molecule is C/C=C/c1cccc(C)c1-c1ccccn1. The molecule has 1 nitrogen and oxygen atoms in total. The predicted octanol–water partition coefficient (Wildman–Crippen LogP) is 4.09. The fourth-order valence-corrected chi connectivity index (χ4v) is 1.87. The lowest BCUT2D eigenvalue weighted by Gasteiger charge is -2.08. The van der Waals surface area contributed by atoms with Crippen molar-refractivity contribution >= 4 is 6.08 Å². The molecule has 0 fully saturated rings. The van der Waals surface area contributed by atoms with Gasteiger partial charge in [0, 0.05) is 11.8 Å². The number of aryl methyl sites for hydroxylation is 1. The first-order chi connectivity index (χ1) is 7.83. The van der Waals surface area contributed by atoms with E-state index < -0.39 is 0 Å². The van der Waals surface area contributed by atoms with E-state index in [0.29, 0.717) is 0 Å². The number of pyridine rings is 1. The molecule has 0 aliphatic carbocycles. The summed E-state index contributed by atoms with van der Waals surface area (Å²) in [5.74, 6) is 0. The van der Waals surface area contributed by atoms with Crippen LogP contribution in [0.4, 0.5) is 0 Å². The zero-order valence-electron chi connectivity index (χ0n) is 9.64. The highest BCUT2D eigenvalue weighted by atomic mass is 14.7. The van der Waals surface area contributed by atoms with Crippen molar-refractivity contribution in [1.29, 1.82) is 0 Å². The summed E-state index contributed by atoms with van der Waals surface area (Å²) >= 11 is 0. The van der Waals surface area contributed by atoms with Crippen LogP contribution in [0.15, 0.2) is 48.7 Å². The second-order valence-electron chi connectivity index (χ2n) is 3.75. The molecule has 1 aromatic heterocycles. The Kier molecular flexibility index (Phi) is 3.16. The fourth-order valence-electron chi connectivity index (χ4n) is 1.87. The van der Waals surface area contributed by atoms with Crippen molar-refractivity contribution in [2.45, 2.75) is 13.8 Å². The van der Waals surface area contributed by atoms with Gasteiger partial charge in [-0.3, -0.25) is 4.98 Å². The van der Waals surface area contributed by atoms with Crippen LogP contribution in [0.1, 0.15) is 18.1 Å². The Labute approximate surface area is 96.5 Å². The van der Waals surface area contributed by atoms with Crippen LogP contribution >= 0.6 is 0 Å². The first-order valence-electron chi connectivity index (χ1n) is 5.46. The van der Waals surface area contributed by atoms with E-state index >= 15 is 0 Å². The zero-order valence-corrected chi connectivity index (χ0v) is 9.64. The van der Waals surface area contributed by atoms with Crippen molar-refractivity contribution in [2.24, 2.45) is 0 Å². The maximum atomic E-state index is 4.42. The molecule has 0 radical (unpaired) electrons. The Morgan fingerprint density at radius 2 is 1.94 bits per heavy atom. The van der Waals surface area contributed by atoms with Crippen molar-refractivity contribution in [2.75, 3.05) is 0 Å². The van der Waals surface area contributed by atoms with Crippen molar-refractivity contribution < 1.29 is 0 Å². The summed E-state index contributed by atoms with van der Waals surface area (Å²) in [7, 11) is 0. The van der Waals surface area contributed by atoms with E-state index in [0.717, 1.165) is 5.69 Å². The molecule has 0 unspecified atom stereocenters. The molecule has 80 valence electrons. The maximum absolute atomic E-state index is 4.42. The highest BCUT2D eigenvalue weighted by Gasteiger charge is 2.06. The van der Waals surface area contributed by atoms with E-state index in [9.17, 15) is 0 Å². The number of aromatic nitrogens is 1. The molecule has 1 aromatic carbocycles. The van der Waals surface area contributed by atoms with Gasteiger partial charge in [0.2, 0.25) is 0 Å². The Balaban J connectivity index is 2.63. The average molecular weight is 209 g/mol. The van der Waals surface area contributed by atoms with Crippen molar-refractivity contribution in [3.63, 3.8) is 0 Å². The summed E-state index contributed by atoms with van der Waals surface area (Å²) in [6.45, 7) is 4.15. The van der Waals surface area contributed by atoms with E-state index in [-0.39, 0.29) is 0 Å². The second kappa shape index (κ2) is 4.75. The number of nitrogens with zero attached hydrogens (tertiary/aromatic N) is 1. The van der Waals surface area contributed by atoms with Gasteiger partial charge in [-0.05, 0) is 37.1 Å². The zero-order chi connectivity index (χ0) is 11.4. The number of hydrogen-bond donors (Lipinski definition) is 0. The van der Waals surface area contributed by atoms with Gasteiger partial charge in [0.15, 0.2) is 0 Å². The standard InChI is InChI=1S/C15H15N/c1-3-7-13-9-6-8-12(2)15(13)14-10-4-5-11-16-14/h3-11H,1-2H3/b7-3+. The minimum Gasteiger partial charge on any atom is -0.256 e. The van der Waals surface area contributed by atoms with E-state index in [1.807, 2.05) is 25.3 Å². The van der Waals surface area contributed by atoms with Crippen molar-refractivity contribution in [3.8, 4) is 11.3 Å². The molecule has 0 bridgehead atoms. The Hall–Kier alpha value is -1.89. The van der Waals surface area contributed by atoms with Gasteiger partial charge in [0.05, 0.1) is 5.69 Å². The van der Waals surface area contributed by atoms with Crippen LogP contribution in [0, 0.1) is 6.92 Å². The van der Waals surface area contributed by atoms with Crippen LogP contribution in [-0.2, 0) is 0 Å². The van der Waals surface area contributed by atoms with E-state index in [2.05, 4.69) is 48.3 Å². The average Bonchev–Trinajstić information content (AvgIpc) is 2.31. The van der Waals surface area contributed by atoms with E-state index in [1.54, 1.807) is 0 Å².